The van der Waals surface area contributed by atoms with Crippen LogP contribution in [-0.4, -0.2) is 63.6 Å². The van der Waals surface area contributed by atoms with Gasteiger partial charge in [0.25, 0.3) is 0 Å². The Kier molecular flexibility index (Phi) is 13.0. The summed E-state index contributed by atoms with van der Waals surface area (Å²) >= 11 is 0. The van der Waals surface area contributed by atoms with Crippen molar-refractivity contribution >= 4 is 18.1 Å². The summed E-state index contributed by atoms with van der Waals surface area (Å²) in [5, 5.41) is 15.3. The minimum Gasteiger partial charge on any atom is -0.493 e. The van der Waals surface area contributed by atoms with E-state index in [9.17, 15) is 27.9 Å². The number of alkyl halides is 3. The Morgan fingerprint density at radius 2 is 1.80 bits per heavy atom. The smallest absolute Gasteiger partial charge is 0.437 e. The highest BCUT2D eigenvalue weighted by Crippen LogP contribution is 2.39. The monoisotopic (exact) mass is 639 g/mol. The van der Waals surface area contributed by atoms with Crippen LogP contribution < -0.4 is 10.1 Å². The number of guanidine groups is 1. The highest BCUT2D eigenvalue weighted by Gasteiger charge is 2.35. The Bertz CT molecular complexity index is 1290. The molecule has 1 saturated heterocycles. The average Bonchev–Trinajstić information content (AvgIpc) is 3.45. The van der Waals surface area contributed by atoms with Crippen molar-refractivity contribution in [2.45, 2.75) is 110 Å². The fraction of sp³-hybridized carbons (Fsp3) is 0.645. The first-order chi connectivity index (χ1) is 21.3. The summed E-state index contributed by atoms with van der Waals surface area (Å²) in [7, 11) is 0. The van der Waals surface area contributed by atoms with E-state index in [1.165, 1.54) is 37.8 Å². The molecule has 2 N–H and O–H groups in total. The Balaban J connectivity index is 1.68. The molecule has 1 aromatic carbocycles. The van der Waals surface area contributed by atoms with E-state index in [2.05, 4.69) is 27.4 Å². The fourth-order valence-electron chi connectivity index (χ4n) is 4.97. The molecule has 3 rings (SSSR count). The largest absolute Gasteiger partial charge is 0.493 e. The summed E-state index contributed by atoms with van der Waals surface area (Å²) in [5.74, 6) is -0.698. The van der Waals surface area contributed by atoms with Gasteiger partial charge < -0.3 is 24.0 Å². The van der Waals surface area contributed by atoms with Crippen LogP contribution in [0.3, 0.4) is 0 Å². The van der Waals surface area contributed by atoms with Crippen LogP contribution >= 0.6 is 0 Å². The maximum atomic E-state index is 14.0. The lowest BCUT2D eigenvalue weighted by Gasteiger charge is -2.32. The molecular formula is C31H44F3N5O6. The number of aliphatic imine (C=N–C) groups is 1. The molecule has 0 bridgehead atoms. The molecule has 1 fully saturated rings. The van der Waals surface area contributed by atoms with E-state index in [0.29, 0.717) is 25.8 Å². The molecule has 1 aromatic heterocycles. The minimum atomic E-state index is -4.65. The van der Waals surface area contributed by atoms with Gasteiger partial charge in [-0.25, -0.2) is 9.59 Å². The van der Waals surface area contributed by atoms with Crippen molar-refractivity contribution in [2.24, 2.45) is 4.99 Å². The molecule has 11 nitrogen and oxygen atoms in total. The molecule has 0 saturated carbocycles. The molecule has 1 unspecified atom stereocenters. The van der Waals surface area contributed by atoms with E-state index >= 15 is 0 Å². The van der Waals surface area contributed by atoms with E-state index < -0.39 is 35.4 Å². The van der Waals surface area contributed by atoms with E-state index in [1.807, 2.05) is 0 Å². The van der Waals surface area contributed by atoms with Gasteiger partial charge in [-0.15, -0.1) is 4.99 Å². The average molecular weight is 640 g/mol. The van der Waals surface area contributed by atoms with E-state index in [1.54, 1.807) is 25.7 Å². The van der Waals surface area contributed by atoms with Gasteiger partial charge in [-0.2, -0.15) is 18.2 Å². The first-order valence-electron chi connectivity index (χ1n) is 15.5. The van der Waals surface area contributed by atoms with Crippen molar-refractivity contribution in [1.29, 1.82) is 0 Å². The highest BCUT2D eigenvalue weighted by atomic mass is 19.4. The molecule has 2 aromatic rings. The van der Waals surface area contributed by atoms with Gasteiger partial charge in [0.1, 0.15) is 11.4 Å². The maximum absolute atomic E-state index is 14.0. The molecule has 1 aliphatic rings. The first-order valence-corrected chi connectivity index (χ1v) is 15.5. The van der Waals surface area contributed by atoms with Crippen molar-refractivity contribution in [3.05, 3.63) is 29.7 Å². The van der Waals surface area contributed by atoms with Crippen LogP contribution in [0.15, 0.2) is 27.7 Å². The van der Waals surface area contributed by atoms with Crippen LogP contribution in [0.25, 0.3) is 11.4 Å². The number of piperidine rings is 1. The van der Waals surface area contributed by atoms with Crippen molar-refractivity contribution in [3.8, 4) is 17.1 Å². The molecule has 250 valence electrons. The number of carbonyl (C=O) groups is 2. The quantitative estimate of drug-likeness (QED) is 0.134. The third-order valence-electron chi connectivity index (χ3n) is 7.12. The molecule has 14 heteroatoms. The number of halogens is 3. The van der Waals surface area contributed by atoms with E-state index in [0.717, 1.165) is 25.3 Å². The summed E-state index contributed by atoms with van der Waals surface area (Å²) in [6.45, 7) is 7.88. The SMILES string of the molecule is CCCCCCCCCCOc1ccc(-c2noc(C3CCCN(C(=NC(=O)OC(C)(C)C)NC(=O)O)C3)n2)cc1C(F)(F)F. The summed E-state index contributed by atoms with van der Waals surface area (Å²) in [6, 6.07) is 3.69. The summed E-state index contributed by atoms with van der Waals surface area (Å²) < 4.78 is 58.1. The number of unbranched alkanes of at least 4 members (excludes halogenated alkanes) is 7. The van der Waals surface area contributed by atoms with Gasteiger partial charge in [0, 0.05) is 18.7 Å². The number of carboxylic acid groups (broad SMARTS) is 1. The zero-order valence-electron chi connectivity index (χ0n) is 26.4. The van der Waals surface area contributed by atoms with Gasteiger partial charge in [-0.1, -0.05) is 57.0 Å². The normalized spacial score (nSPS) is 16.0. The predicted octanol–water partition coefficient (Wildman–Crippen LogP) is 8.01. The molecule has 1 atom stereocenters. The van der Waals surface area contributed by atoms with Gasteiger partial charge >= 0.3 is 18.4 Å². The van der Waals surface area contributed by atoms with Gasteiger partial charge in [-0.05, 0) is 58.2 Å². The van der Waals surface area contributed by atoms with Crippen molar-refractivity contribution in [3.63, 3.8) is 0 Å². The van der Waals surface area contributed by atoms with Crippen LogP contribution in [0, 0.1) is 0 Å². The molecule has 1 aliphatic heterocycles. The van der Waals surface area contributed by atoms with Crippen LogP contribution in [0.5, 0.6) is 5.75 Å². The second-order valence-electron chi connectivity index (χ2n) is 12.1. The molecular weight excluding hydrogens is 595 g/mol. The maximum Gasteiger partial charge on any atom is 0.437 e. The Labute approximate surface area is 261 Å². The molecule has 0 aliphatic carbocycles. The number of aromatic nitrogens is 2. The number of hydrogen-bond donors (Lipinski definition) is 2. The van der Waals surface area contributed by atoms with Crippen LogP contribution in [0.2, 0.25) is 0 Å². The van der Waals surface area contributed by atoms with Crippen LogP contribution in [-0.2, 0) is 10.9 Å². The van der Waals surface area contributed by atoms with Gasteiger partial charge in [0.15, 0.2) is 0 Å². The zero-order chi connectivity index (χ0) is 33.0. The summed E-state index contributed by atoms with van der Waals surface area (Å²) in [6.07, 6.45) is 2.66. The second kappa shape index (κ2) is 16.5. The molecule has 0 radical (unpaired) electrons. The van der Waals surface area contributed by atoms with Crippen molar-refractivity contribution in [1.82, 2.24) is 20.4 Å². The van der Waals surface area contributed by atoms with Crippen LogP contribution in [0.1, 0.15) is 109 Å². The molecule has 2 amide bonds. The van der Waals surface area contributed by atoms with E-state index in [-0.39, 0.29) is 42.1 Å². The Morgan fingerprint density at radius 3 is 2.44 bits per heavy atom. The van der Waals surface area contributed by atoms with Crippen molar-refractivity contribution < 1.29 is 41.9 Å². The number of carbonyl (C=O) groups excluding carboxylic acids is 1. The summed E-state index contributed by atoms with van der Waals surface area (Å²) in [4.78, 5) is 33.4. The number of rotatable bonds is 12. The first kappa shape index (κ1) is 35.6. The molecule has 0 spiro atoms. The highest BCUT2D eigenvalue weighted by molar-refractivity contribution is 5.98. The second-order valence-corrected chi connectivity index (χ2v) is 12.1. The Morgan fingerprint density at radius 1 is 1.11 bits per heavy atom. The number of ether oxygens (including phenoxy) is 2. The number of benzene rings is 1. The predicted molar refractivity (Wildman–Crippen MR) is 161 cm³/mol. The number of likely N-dealkylation sites (tertiary alicyclic amines) is 1. The number of hydrogen-bond acceptors (Lipinski definition) is 7. The van der Waals surface area contributed by atoms with E-state index in [4.69, 9.17) is 14.0 Å². The number of nitrogens with one attached hydrogen (secondary N) is 1. The minimum absolute atomic E-state index is 0.0199. The standard InChI is InChI=1S/C31H44F3N5O6/c1-5-6-7-8-9-10-11-12-18-43-24-16-15-21(19-23(24)31(32,33)34)25-35-26(45-38-25)22-14-13-17-39(20-22)27(36-28(40)41)37-29(42)44-30(2,3)4/h15-16,19,22H,5-14,17-18,20H2,1-4H3,(H,40,41)(H,36,37,42). The molecule has 45 heavy (non-hydrogen) atoms. The van der Waals surface area contributed by atoms with Gasteiger partial charge in [0.2, 0.25) is 17.7 Å². The van der Waals surface area contributed by atoms with Gasteiger partial charge in [0.05, 0.1) is 18.1 Å². The van der Waals surface area contributed by atoms with Gasteiger partial charge in [-0.3, -0.25) is 5.32 Å². The zero-order valence-corrected chi connectivity index (χ0v) is 26.4. The third kappa shape index (κ3) is 11.9. The lowest BCUT2D eigenvalue weighted by molar-refractivity contribution is -0.138. The number of nitrogens with zero attached hydrogens (tertiary/aromatic N) is 4. The lowest BCUT2D eigenvalue weighted by atomic mass is 9.98. The summed E-state index contributed by atoms with van der Waals surface area (Å²) in [5.41, 5.74) is -1.63. The van der Waals surface area contributed by atoms with Crippen molar-refractivity contribution in [2.75, 3.05) is 19.7 Å². The lowest BCUT2D eigenvalue weighted by Crippen LogP contribution is -2.48. The molecule has 2 heterocycles. The van der Waals surface area contributed by atoms with Crippen LogP contribution in [0.4, 0.5) is 22.8 Å². The third-order valence-corrected chi connectivity index (χ3v) is 7.12. The number of amides is 2. The topological polar surface area (TPSA) is 139 Å². The fourth-order valence-corrected chi connectivity index (χ4v) is 4.97. The Hall–Kier alpha value is -3.84.